The maximum atomic E-state index is 12.2. The van der Waals surface area contributed by atoms with Crippen LogP contribution in [0, 0.1) is 11.3 Å². The zero-order valence-corrected chi connectivity index (χ0v) is 12.4. The van der Waals surface area contributed by atoms with Gasteiger partial charge in [0.05, 0.1) is 5.56 Å². The van der Waals surface area contributed by atoms with Gasteiger partial charge in [0, 0.05) is 11.8 Å². The smallest absolute Gasteiger partial charge is 0.265 e. The molecule has 0 radical (unpaired) electrons. The molecule has 2 aromatic rings. The molecule has 0 saturated carbocycles. The fourth-order valence-electron chi connectivity index (χ4n) is 2.12. The molecule has 1 heterocycles. The van der Waals surface area contributed by atoms with Crippen molar-refractivity contribution in [3.05, 3.63) is 48.0 Å². The Morgan fingerprint density at radius 2 is 2.04 bits per heavy atom. The Morgan fingerprint density at radius 3 is 2.87 bits per heavy atom. The van der Waals surface area contributed by atoms with Crippen LogP contribution >= 0.6 is 0 Å². The number of hydrogen-bond acceptors (Lipinski definition) is 5. The Labute approximate surface area is 133 Å². The summed E-state index contributed by atoms with van der Waals surface area (Å²) in [6, 6.07) is 14.0. The average Bonchev–Trinajstić information content (AvgIpc) is 3.03. The van der Waals surface area contributed by atoms with Crippen LogP contribution in [0.3, 0.4) is 0 Å². The molecule has 6 nitrogen and oxygen atoms in total. The van der Waals surface area contributed by atoms with E-state index >= 15 is 0 Å². The first-order chi connectivity index (χ1) is 11.2. The largest absolute Gasteiger partial charge is 0.480 e. The van der Waals surface area contributed by atoms with Gasteiger partial charge in [0.1, 0.15) is 11.8 Å². The number of ether oxygens (including phenoxy) is 3. The first-order valence-electron chi connectivity index (χ1n) is 7.03. The number of hydrogen-bond donors (Lipinski definition) is 1. The monoisotopic (exact) mass is 310 g/mol. The molecule has 1 atom stereocenters. The first-order valence-corrected chi connectivity index (χ1v) is 7.03. The predicted octanol–water partition coefficient (Wildman–Crippen LogP) is 2.69. The summed E-state index contributed by atoms with van der Waals surface area (Å²) in [6.45, 7) is 1.80. The van der Waals surface area contributed by atoms with E-state index in [1.807, 2.05) is 6.07 Å². The predicted molar refractivity (Wildman–Crippen MR) is 82.4 cm³/mol. The molecule has 2 aromatic carbocycles. The lowest BCUT2D eigenvalue weighted by Gasteiger charge is -2.15. The molecule has 1 aliphatic heterocycles. The van der Waals surface area contributed by atoms with E-state index in [1.54, 1.807) is 49.4 Å². The summed E-state index contributed by atoms with van der Waals surface area (Å²) in [7, 11) is 0. The molecule has 1 aliphatic rings. The molecule has 0 unspecified atom stereocenters. The number of rotatable bonds is 4. The Bertz CT molecular complexity index is 782. The number of fused-ring (bicyclic) bond motifs is 1. The molecule has 0 bridgehead atoms. The van der Waals surface area contributed by atoms with E-state index in [0.29, 0.717) is 28.5 Å². The number of para-hydroxylation sites is 1. The van der Waals surface area contributed by atoms with Crippen molar-refractivity contribution in [2.45, 2.75) is 13.0 Å². The number of amides is 1. The lowest BCUT2D eigenvalue weighted by atomic mass is 10.2. The first kappa shape index (κ1) is 14.7. The van der Waals surface area contributed by atoms with Crippen LogP contribution in [0.25, 0.3) is 0 Å². The van der Waals surface area contributed by atoms with Crippen molar-refractivity contribution in [1.82, 2.24) is 0 Å². The molecule has 0 saturated heterocycles. The number of anilines is 1. The zero-order valence-electron chi connectivity index (χ0n) is 12.4. The third-order valence-electron chi connectivity index (χ3n) is 3.32. The number of nitrogens with zero attached hydrogens (tertiary/aromatic N) is 1. The van der Waals surface area contributed by atoms with E-state index in [-0.39, 0.29) is 12.7 Å². The number of benzene rings is 2. The summed E-state index contributed by atoms with van der Waals surface area (Å²) in [5, 5.41) is 11.8. The van der Waals surface area contributed by atoms with Crippen molar-refractivity contribution in [2.75, 3.05) is 12.1 Å². The number of carbonyl (C=O) groups is 1. The summed E-state index contributed by atoms with van der Waals surface area (Å²) >= 11 is 0. The summed E-state index contributed by atoms with van der Waals surface area (Å²) in [4.78, 5) is 12.2. The van der Waals surface area contributed by atoms with Crippen LogP contribution in [0.1, 0.15) is 12.5 Å². The molecule has 1 N–H and O–H groups in total. The molecule has 116 valence electrons. The van der Waals surface area contributed by atoms with Gasteiger partial charge < -0.3 is 19.5 Å². The quantitative estimate of drug-likeness (QED) is 0.939. The van der Waals surface area contributed by atoms with Gasteiger partial charge in [0.2, 0.25) is 6.79 Å². The minimum atomic E-state index is -0.755. The van der Waals surface area contributed by atoms with Crippen molar-refractivity contribution >= 4 is 11.6 Å². The second-order valence-electron chi connectivity index (χ2n) is 4.93. The van der Waals surface area contributed by atoms with E-state index in [4.69, 9.17) is 19.5 Å². The molecule has 3 rings (SSSR count). The van der Waals surface area contributed by atoms with Crippen LogP contribution in [0.5, 0.6) is 17.2 Å². The van der Waals surface area contributed by atoms with Crippen molar-refractivity contribution in [3.63, 3.8) is 0 Å². The van der Waals surface area contributed by atoms with Crippen molar-refractivity contribution < 1.29 is 19.0 Å². The van der Waals surface area contributed by atoms with Gasteiger partial charge in [-0.25, -0.2) is 0 Å². The van der Waals surface area contributed by atoms with Crippen molar-refractivity contribution in [3.8, 4) is 23.3 Å². The molecule has 0 fully saturated rings. The molecule has 1 amide bonds. The topological polar surface area (TPSA) is 80.6 Å². The second-order valence-corrected chi connectivity index (χ2v) is 4.93. The molecule has 23 heavy (non-hydrogen) atoms. The Kier molecular flexibility index (Phi) is 4.02. The molecular formula is C17H14N2O4. The van der Waals surface area contributed by atoms with Gasteiger partial charge in [-0.05, 0) is 31.2 Å². The molecule has 0 aliphatic carbocycles. The van der Waals surface area contributed by atoms with Gasteiger partial charge in [-0.15, -0.1) is 0 Å². The average molecular weight is 310 g/mol. The highest BCUT2D eigenvalue weighted by atomic mass is 16.7. The summed E-state index contributed by atoms with van der Waals surface area (Å²) in [5.41, 5.74) is 0.971. The van der Waals surface area contributed by atoms with E-state index in [9.17, 15) is 4.79 Å². The highest BCUT2D eigenvalue weighted by Crippen LogP contribution is 2.34. The van der Waals surface area contributed by atoms with Crippen LogP contribution in [0.15, 0.2) is 42.5 Å². The maximum absolute atomic E-state index is 12.2. The Morgan fingerprint density at radius 1 is 1.26 bits per heavy atom. The van der Waals surface area contributed by atoms with Crippen molar-refractivity contribution in [2.24, 2.45) is 0 Å². The number of nitriles is 1. The van der Waals surface area contributed by atoms with Gasteiger partial charge >= 0.3 is 0 Å². The summed E-state index contributed by atoms with van der Waals surface area (Å²) in [5.74, 6) is 1.29. The third kappa shape index (κ3) is 3.19. The fourth-order valence-corrected chi connectivity index (χ4v) is 2.12. The Hall–Kier alpha value is -3.20. The lowest BCUT2D eigenvalue weighted by Crippen LogP contribution is -2.30. The van der Waals surface area contributed by atoms with E-state index in [2.05, 4.69) is 5.32 Å². The normalized spacial score (nSPS) is 13.0. The van der Waals surface area contributed by atoms with Crippen LogP contribution in [0.2, 0.25) is 0 Å². The number of carbonyl (C=O) groups excluding carboxylic acids is 1. The van der Waals surface area contributed by atoms with Gasteiger partial charge in [-0.3, -0.25) is 4.79 Å². The Balaban J connectivity index is 1.67. The third-order valence-corrected chi connectivity index (χ3v) is 3.32. The van der Waals surface area contributed by atoms with Gasteiger partial charge in [-0.2, -0.15) is 5.26 Å². The molecular weight excluding hydrogens is 296 g/mol. The summed E-state index contributed by atoms with van der Waals surface area (Å²) in [6.07, 6.45) is -0.755. The van der Waals surface area contributed by atoms with Crippen LogP contribution in [-0.2, 0) is 4.79 Å². The van der Waals surface area contributed by atoms with Crippen molar-refractivity contribution in [1.29, 1.82) is 5.26 Å². The van der Waals surface area contributed by atoms with E-state index in [0.717, 1.165) is 0 Å². The highest BCUT2D eigenvalue weighted by molar-refractivity contribution is 5.94. The zero-order chi connectivity index (χ0) is 16.2. The van der Waals surface area contributed by atoms with Crippen LogP contribution in [0.4, 0.5) is 5.69 Å². The van der Waals surface area contributed by atoms with E-state index < -0.39 is 6.10 Å². The highest BCUT2D eigenvalue weighted by Gasteiger charge is 2.18. The maximum Gasteiger partial charge on any atom is 0.265 e. The minimum absolute atomic E-state index is 0.178. The van der Waals surface area contributed by atoms with Gasteiger partial charge in [0.25, 0.3) is 5.91 Å². The van der Waals surface area contributed by atoms with Crippen LogP contribution < -0.4 is 19.5 Å². The summed E-state index contributed by atoms with van der Waals surface area (Å²) < 4.78 is 16.1. The molecule has 0 spiro atoms. The minimum Gasteiger partial charge on any atom is -0.480 e. The number of nitrogens with one attached hydrogen (secondary N) is 1. The molecule has 6 heteroatoms. The molecule has 0 aromatic heterocycles. The lowest BCUT2D eigenvalue weighted by molar-refractivity contribution is -0.122. The fraction of sp³-hybridized carbons (Fsp3) is 0.176. The van der Waals surface area contributed by atoms with Gasteiger partial charge in [0.15, 0.2) is 17.6 Å². The standard InChI is InChI=1S/C17H14N2O4/c1-11(23-14-5-3-2-4-12(14)9-18)17(20)19-13-6-7-15-16(8-13)22-10-21-15/h2-8,11H,10H2,1H3,(H,19,20)/t11-/m0/s1. The van der Waals surface area contributed by atoms with Crippen LogP contribution in [-0.4, -0.2) is 18.8 Å². The van der Waals surface area contributed by atoms with Gasteiger partial charge in [-0.1, -0.05) is 12.1 Å². The second kappa shape index (κ2) is 6.28. The van der Waals surface area contributed by atoms with E-state index in [1.165, 1.54) is 0 Å². The SMILES string of the molecule is C[C@H](Oc1ccccc1C#N)C(=O)Nc1ccc2c(c1)OCO2.